The van der Waals surface area contributed by atoms with Crippen LogP contribution >= 0.6 is 0 Å². The molecule has 1 amide bonds. The minimum absolute atomic E-state index is 0.0293. The van der Waals surface area contributed by atoms with Crippen molar-refractivity contribution in [2.75, 3.05) is 17.7 Å². The summed E-state index contributed by atoms with van der Waals surface area (Å²) in [6.07, 6.45) is 0.708. The minimum atomic E-state index is -0.933. The minimum Gasteiger partial charge on any atom is -0.465 e. The second-order valence-electron chi connectivity index (χ2n) is 5.70. The predicted octanol–water partition coefficient (Wildman–Crippen LogP) is 2.62. The third-order valence-corrected chi connectivity index (χ3v) is 4.38. The summed E-state index contributed by atoms with van der Waals surface area (Å²) in [5.41, 5.74) is 7.05. The van der Waals surface area contributed by atoms with E-state index in [1.54, 1.807) is 12.1 Å². The molecule has 20 heavy (non-hydrogen) atoms. The molecule has 0 aromatic heterocycles. The van der Waals surface area contributed by atoms with Crippen LogP contribution in [0.4, 0.5) is 16.2 Å². The average molecular weight is 277 g/mol. The summed E-state index contributed by atoms with van der Waals surface area (Å²) < 4.78 is 0. The van der Waals surface area contributed by atoms with Gasteiger partial charge < -0.3 is 15.7 Å². The van der Waals surface area contributed by atoms with E-state index in [0.717, 1.165) is 12.8 Å². The lowest BCUT2D eigenvalue weighted by atomic mass is 9.92. The van der Waals surface area contributed by atoms with E-state index in [1.807, 2.05) is 12.1 Å². The number of benzene rings is 1. The van der Waals surface area contributed by atoms with E-state index in [0.29, 0.717) is 23.5 Å². The highest BCUT2D eigenvalue weighted by molar-refractivity contribution is 5.91. The molecule has 1 fully saturated rings. The Bertz CT molecular complexity index is 480. The number of nitrogens with two attached hydrogens (primary N) is 1. The van der Waals surface area contributed by atoms with Crippen molar-refractivity contribution in [2.45, 2.75) is 44.8 Å². The van der Waals surface area contributed by atoms with Gasteiger partial charge in [0.15, 0.2) is 0 Å². The Balaban J connectivity index is 2.31. The van der Waals surface area contributed by atoms with Gasteiger partial charge in [0.2, 0.25) is 0 Å². The van der Waals surface area contributed by atoms with E-state index in [2.05, 4.69) is 25.8 Å². The summed E-state index contributed by atoms with van der Waals surface area (Å²) in [6, 6.07) is 7.84. The molecule has 2 unspecified atom stereocenters. The van der Waals surface area contributed by atoms with Crippen LogP contribution in [0.3, 0.4) is 0 Å². The number of para-hydroxylation sites is 2. The first-order chi connectivity index (χ1) is 9.41. The summed E-state index contributed by atoms with van der Waals surface area (Å²) in [4.78, 5) is 15.4. The molecule has 1 aromatic rings. The zero-order valence-electron chi connectivity index (χ0n) is 12.3. The fraction of sp³-hybridized carbons (Fsp3) is 0.533. The van der Waals surface area contributed by atoms with Crippen LogP contribution in [0.25, 0.3) is 0 Å². The maximum absolute atomic E-state index is 11.7. The molecule has 0 saturated carbocycles. The highest BCUT2D eigenvalue weighted by atomic mass is 16.4. The molecule has 1 saturated heterocycles. The van der Waals surface area contributed by atoms with Crippen LogP contribution in [0.2, 0.25) is 0 Å². The lowest BCUT2D eigenvalue weighted by molar-refractivity contribution is 0.118. The zero-order chi connectivity index (χ0) is 14.9. The molecule has 1 heterocycles. The van der Waals surface area contributed by atoms with Crippen molar-refractivity contribution < 1.29 is 9.90 Å². The highest BCUT2D eigenvalue weighted by Crippen LogP contribution is 2.32. The van der Waals surface area contributed by atoms with Gasteiger partial charge in [0.1, 0.15) is 0 Å². The monoisotopic (exact) mass is 277 g/mol. The van der Waals surface area contributed by atoms with Gasteiger partial charge in [0.25, 0.3) is 0 Å². The summed E-state index contributed by atoms with van der Waals surface area (Å²) in [5, 5.41) is 9.60. The first kappa shape index (κ1) is 14.7. The number of piperidine rings is 1. The number of hydrogen-bond donors (Lipinski definition) is 2. The van der Waals surface area contributed by atoms with Crippen LogP contribution in [-0.2, 0) is 0 Å². The van der Waals surface area contributed by atoms with Gasteiger partial charge in [-0.25, -0.2) is 4.79 Å². The number of carboxylic acid groups (broad SMARTS) is 1. The van der Waals surface area contributed by atoms with Crippen LogP contribution in [-0.4, -0.2) is 41.3 Å². The van der Waals surface area contributed by atoms with Crippen molar-refractivity contribution in [1.29, 1.82) is 0 Å². The third-order valence-electron chi connectivity index (χ3n) is 4.38. The van der Waals surface area contributed by atoms with Gasteiger partial charge in [-0.1, -0.05) is 12.1 Å². The first-order valence-corrected chi connectivity index (χ1v) is 7.00. The Labute approximate surface area is 120 Å². The Morgan fingerprint density at radius 1 is 1.30 bits per heavy atom. The van der Waals surface area contributed by atoms with Crippen LogP contribution in [0.5, 0.6) is 0 Å². The second-order valence-corrected chi connectivity index (χ2v) is 5.70. The molecule has 1 aliphatic heterocycles. The molecule has 1 aromatic carbocycles. The van der Waals surface area contributed by atoms with Crippen molar-refractivity contribution in [2.24, 2.45) is 0 Å². The fourth-order valence-corrected chi connectivity index (χ4v) is 3.02. The summed E-state index contributed by atoms with van der Waals surface area (Å²) in [7, 11) is 2.09. The maximum Gasteiger partial charge on any atom is 0.412 e. The Hall–Kier alpha value is -1.75. The van der Waals surface area contributed by atoms with Crippen molar-refractivity contribution in [1.82, 2.24) is 4.90 Å². The number of amides is 1. The maximum atomic E-state index is 11.7. The predicted molar refractivity (Wildman–Crippen MR) is 81.1 cm³/mol. The van der Waals surface area contributed by atoms with E-state index in [1.165, 1.54) is 4.90 Å². The van der Waals surface area contributed by atoms with Gasteiger partial charge in [-0.05, 0) is 45.9 Å². The SMILES string of the molecule is CC1CC(N(C(=O)O)c2ccccc2N)CC(C)N1C. The van der Waals surface area contributed by atoms with Gasteiger partial charge in [-0.3, -0.25) is 4.90 Å². The first-order valence-electron chi connectivity index (χ1n) is 7.00. The summed E-state index contributed by atoms with van der Waals surface area (Å²) in [5.74, 6) is 0. The number of carbonyl (C=O) groups is 1. The smallest absolute Gasteiger partial charge is 0.412 e. The zero-order valence-corrected chi connectivity index (χ0v) is 12.3. The molecule has 1 aliphatic rings. The molecular formula is C15H23N3O2. The largest absolute Gasteiger partial charge is 0.465 e. The molecule has 0 radical (unpaired) electrons. The molecule has 3 N–H and O–H groups in total. The van der Waals surface area contributed by atoms with Crippen LogP contribution in [0, 0.1) is 0 Å². The topological polar surface area (TPSA) is 69.8 Å². The summed E-state index contributed by atoms with van der Waals surface area (Å²) >= 11 is 0. The van der Waals surface area contributed by atoms with Gasteiger partial charge in [-0.2, -0.15) is 0 Å². The van der Waals surface area contributed by atoms with Gasteiger partial charge in [-0.15, -0.1) is 0 Å². The molecule has 2 atom stereocenters. The number of rotatable bonds is 2. The summed E-state index contributed by atoms with van der Waals surface area (Å²) in [6.45, 7) is 4.27. The molecule has 2 rings (SSSR count). The van der Waals surface area contributed by atoms with Gasteiger partial charge in [0, 0.05) is 18.1 Å². The van der Waals surface area contributed by atoms with Crippen molar-refractivity contribution in [3.05, 3.63) is 24.3 Å². The van der Waals surface area contributed by atoms with Crippen LogP contribution < -0.4 is 10.6 Å². The highest BCUT2D eigenvalue weighted by Gasteiger charge is 2.35. The van der Waals surface area contributed by atoms with Crippen molar-refractivity contribution >= 4 is 17.5 Å². The van der Waals surface area contributed by atoms with Crippen molar-refractivity contribution in [3.8, 4) is 0 Å². The number of likely N-dealkylation sites (tertiary alicyclic amines) is 1. The lowest BCUT2D eigenvalue weighted by Crippen LogP contribution is -2.53. The molecule has 0 spiro atoms. The van der Waals surface area contributed by atoms with Gasteiger partial charge >= 0.3 is 6.09 Å². The van der Waals surface area contributed by atoms with E-state index in [4.69, 9.17) is 5.73 Å². The van der Waals surface area contributed by atoms with Crippen molar-refractivity contribution in [3.63, 3.8) is 0 Å². The Morgan fingerprint density at radius 3 is 2.35 bits per heavy atom. The lowest BCUT2D eigenvalue weighted by Gasteiger charge is -2.43. The third kappa shape index (κ3) is 2.72. The molecular weight excluding hydrogens is 254 g/mol. The van der Waals surface area contributed by atoms with E-state index in [9.17, 15) is 9.90 Å². The molecule has 5 heteroatoms. The van der Waals surface area contributed by atoms with Gasteiger partial charge in [0.05, 0.1) is 11.4 Å². The number of nitrogens with zero attached hydrogens (tertiary/aromatic N) is 2. The second kappa shape index (κ2) is 5.71. The molecule has 5 nitrogen and oxygen atoms in total. The normalized spacial score (nSPS) is 27.2. The number of anilines is 2. The molecule has 110 valence electrons. The number of nitrogen functional groups attached to an aromatic ring is 1. The Kier molecular flexibility index (Phi) is 4.18. The molecule has 0 bridgehead atoms. The standard InChI is InChI=1S/C15H23N3O2/c1-10-8-12(9-11(2)17(10)3)18(15(19)20)14-7-5-4-6-13(14)16/h4-7,10-12H,8-9,16H2,1-3H3,(H,19,20). The Morgan fingerprint density at radius 2 is 1.85 bits per heavy atom. The van der Waals surface area contributed by atoms with E-state index < -0.39 is 6.09 Å². The average Bonchev–Trinajstić information content (AvgIpc) is 2.38. The van der Waals surface area contributed by atoms with Crippen LogP contribution in [0.1, 0.15) is 26.7 Å². The molecule has 0 aliphatic carbocycles. The van der Waals surface area contributed by atoms with E-state index in [-0.39, 0.29) is 6.04 Å². The fourth-order valence-electron chi connectivity index (χ4n) is 3.02. The quantitative estimate of drug-likeness (QED) is 0.815. The van der Waals surface area contributed by atoms with Crippen LogP contribution in [0.15, 0.2) is 24.3 Å². The van der Waals surface area contributed by atoms with E-state index >= 15 is 0 Å². The number of hydrogen-bond acceptors (Lipinski definition) is 3.